The molecule has 0 radical (unpaired) electrons. The summed E-state index contributed by atoms with van der Waals surface area (Å²) in [5.74, 6) is 1.19. The normalized spacial score (nSPS) is 34.5. The van der Waals surface area contributed by atoms with Gasteiger partial charge in [0.1, 0.15) is 0 Å². The molecule has 33 heavy (non-hydrogen) atoms. The van der Waals surface area contributed by atoms with Gasteiger partial charge in [-0.3, -0.25) is 4.99 Å². The van der Waals surface area contributed by atoms with E-state index >= 15 is 0 Å². The summed E-state index contributed by atoms with van der Waals surface area (Å²) in [5.41, 5.74) is 6.74. The van der Waals surface area contributed by atoms with Crippen molar-refractivity contribution in [2.45, 2.75) is 105 Å². The Morgan fingerprint density at radius 2 is 2.03 bits per heavy atom. The predicted octanol–water partition coefficient (Wildman–Crippen LogP) is 6.97. The van der Waals surface area contributed by atoms with Gasteiger partial charge >= 0.3 is 0 Å². The van der Waals surface area contributed by atoms with Gasteiger partial charge in [0, 0.05) is 19.2 Å². The molecule has 0 unspecified atom stereocenters. The van der Waals surface area contributed by atoms with E-state index in [1.54, 1.807) is 5.57 Å². The van der Waals surface area contributed by atoms with Gasteiger partial charge < -0.3 is 10.2 Å². The van der Waals surface area contributed by atoms with Crippen LogP contribution in [0, 0.1) is 22.7 Å². The average Bonchev–Trinajstić information content (AvgIpc) is 3.09. The van der Waals surface area contributed by atoms with E-state index in [9.17, 15) is 10.2 Å². The fourth-order valence-electron chi connectivity index (χ4n) is 6.63. The van der Waals surface area contributed by atoms with Crippen molar-refractivity contribution in [1.29, 1.82) is 0 Å². The lowest BCUT2D eigenvalue weighted by Crippen LogP contribution is -2.32. The van der Waals surface area contributed by atoms with Crippen molar-refractivity contribution in [3.63, 3.8) is 0 Å². The van der Waals surface area contributed by atoms with E-state index in [2.05, 4.69) is 64.4 Å². The summed E-state index contributed by atoms with van der Waals surface area (Å²) in [4.78, 5) is 4.57. The summed E-state index contributed by atoms with van der Waals surface area (Å²) < 4.78 is 0. The maximum atomic E-state index is 10.2. The van der Waals surface area contributed by atoms with Crippen LogP contribution in [0.5, 0.6) is 0 Å². The van der Waals surface area contributed by atoms with Crippen LogP contribution in [0.2, 0.25) is 0 Å². The quantitative estimate of drug-likeness (QED) is 0.337. The second-order valence-corrected chi connectivity index (χ2v) is 12.0. The summed E-state index contributed by atoms with van der Waals surface area (Å²) >= 11 is 0. The molecule has 0 saturated heterocycles. The molecule has 184 valence electrons. The van der Waals surface area contributed by atoms with E-state index in [1.807, 2.05) is 7.05 Å². The molecule has 0 heterocycles. The highest BCUT2D eigenvalue weighted by atomic mass is 16.3. The molecule has 2 fully saturated rings. The van der Waals surface area contributed by atoms with Crippen LogP contribution in [0.4, 0.5) is 0 Å². The van der Waals surface area contributed by atoms with Gasteiger partial charge in [0.25, 0.3) is 0 Å². The maximum Gasteiger partial charge on any atom is 0.0811 e. The van der Waals surface area contributed by atoms with Crippen molar-refractivity contribution in [1.82, 2.24) is 0 Å². The molecule has 2 N–H and O–H groups in total. The molecule has 3 rings (SSSR count). The van der Waals surface area contributed by atoms with Gasteiger partial charge in [0.05, 0.1) is 12.2 Å². The SMILES string of the molecule is C=C1/C(=C\C=C2/CCC[C@]3(C)C([C@H](C)CCCC(=NC)C(C)(C)C)=CC[C@@H]23)C[C@H](O)C[C@H]1O. The first kappa shape index (κ1) is 26.2. The van der Waals surface area contributed by atoms with Gasteiger partial charge in [-0.1, -0.05) is 70.6 Å². The zero-order chi connectivity index (χ0) is 24.4. The van der Waals surface area contributed by atoms with Crippen LogP contribution in [-0.2, 0) is 0 Å². The Hall–Kier alpha value is -1.45. The first-order valence-corrected chi connectivity index (χ1v) is 13.1. The number of hydrogen-bond donors (Lipinski definition) is 2. The van der Waals surface area contributed by atoms with Crippen molar-refractivity contribution in [2.75, 3.05) is 7.05 Å². The summed E-state index contributed by atoms with van der Waals surface area (Å²) in [6.45, 7) is 15.8. The molecule has 3 aliphatic carbocycles. The predicted molar refractivity (Wildman–Crippen MR) is 141 cm³/mol. The Bertz CT molecular complexity index is 853. The van der Waals surface area contributed by atoms with Gasteiger partial charge in [0.2, 0.25) is 0 Å². The van der Waals surface area contributed by atoms with Crippen LogP contribution in [0.25, 0.3) is 0 Å². The number of aliphatic hydroxyl groups excluding tert-OH is 2. The highest BCUT2D eigenvalue weighted by Crippen LogP contribution is 2.57. The van der Waals surface area contributed by atoms with Crippen LogP contribution in [0.15, 0.2) is 52.1 Å². The fourth-order valence-corrected chi connectivity index (χ4v) is 6.63. The van der Waals surface area contributed by atoms with Crippen molar-refractivity contribution < 1.29 is 10.2 Å². The van der Waals surface area contributed by atoms with Crippen LogP contribution in [-0.4, -0.2) is 35.2 Å². The molecular formula is C30H47NO2. The number of rotatable bonds is 6. The van der Waals surface area contributed by atoms with Crippen LogP contribution in [0.3, 0.4) is 0 Å². The highest BCUT2D eigenvalue weighted by Gasteiger charge is 2.45. The third-order valence-corrected chi connectivity index (χ3v) is 8.59. The summed E-state index contributed by atoms with van der Waals surface area (Å²) in [7, 11) is 1.93. The van der Waals surface area contributed by atoms with E-state index in [1.165, 1.54) is 37.0 Å². The van der Waals surface area contributed by atoms with Crippen LogP contribution < -0.4 is 0 Å². The molecule has 0 aliphatic heterocycles. The molecule has 0 spiro atoms. The van der Waals surface area contributed by atoms with E-state index in [0.717, 1.165) is 30.4 Å². The molecule has 2 saturated carbocycles. The van der Waals surface area contributed by atoms with Crippen molar-refractivity contribution in [2.24, 2.45) is 27.7 Å². The molecular weight excluding hydrogens is 406 g/mol. The van der Waals surface area contributed by atoms with Gasteiger partial charge in [-0.25, -0.2) is 0 Å². The minimum Gasteiger partial charge on any atom is -0.393 e. The smallest absolute Gasteiger partial charge is 0.0811 e. The minimum absolute atomic E-state index is 0.162. The van der Waals surface area contributed by atoms with E-state index in [4.69, 9.17) is 0 Å². The maximum absolute atomic E-state index is 10.2. The Morgan fingerprint density at radius 3 is 2.70 bits per heavy atom. The highest BCUT2D eigenvalue weighted by molar-refractivity contribution is 5.89. The molecule has 0 amide bonds. The molecule has 0 aromatic rings. The van der Waals surface area contributed by atoms with Gasteiger partial charge in [0.15, 0.2) is 0 Å². The number of hydrogen-bond acceptors (Lipinski definition) is 3. The van der Waals surface area contributed by atoms with E-state index in [-0.39, 0.29) is 10.8 Å². The zero-order valence-electron chi connectivity index (χ0n) is 22.0. The molecule has 0 bridgehead atoms. The third kappa shape index (κ3) is 5.80. The largest absolute Gasteiger partial charge is 0.393 e. The fraction of sp³-hybridized carbons (Fsp3) is 0.700. The standard InChI is InChI=1S/C30H47NO2/c1-20(10-8-12-28(31-7)29(3,4)5)25-15-16-26-22(11-9-17-30(25,26)6)13-14-23-18-24(32)19-27(33)21(23)2/h13-15,20,24,26-27,32-33H,2,8-12,16-19H2,1,3-7H3/b22-13+,23-14-,31-28?/t20-,24+,26+,27-,30-/m1/s1. The molecule has 0 aromatic heterocycles. The third-order valence-electron chi connectivity index (χ3n) is 8.59. The number of aliphatic hydroxyl groups is 2. The van der Waals surface area contributed by atoms with Gasteiger partial charge in [-0.05, 0) is 85.2 Å². The Labute approximate surface area is 202 Å². The summed E-state index contributed by atoms with van der Waals surface area (Å²) in [5, 5.41) is 20.2. The lowest BCUT2D eigenvalue weighted by molar-refractivity contribution is 0.0862. The monoisotopic (exact) mass is 453 g/mol. The van der Waals surface area contributed by atoms with E-state index in [0.29, 0.717) is 24.7 Å². The second-order valence-electron chi connectivity index (χ2n) is 12.0. The first-order chi connectivity index (χ1) is 15.5. The molecule has 3 nitrogen and oxygen atoms in total. The van der Waals surface area contributed by atoms with Crippen molar-refractivity contribution in [3.05, 3.63) is 47.1 Å². The Balaban J connectivity index is 1.68. The first-order valence-electron chi connectivity index (χ1n) is 13.1. The Morgan fingerprint density at radius 1 is 1.30 bits per heavy atom. The number of fused-ring (bicyclic) bond motifs is 1. The topological polar surface area (TPSA) is 52.8 Å². The summed E-state index contributed by atoms with van der Waals surface area (Å²) in [6.07, 6.45) is 15.2. The number of nitrogens with zero attached hydrogens (tertiary/aromatic N) is 1. The van der Waals surface area contributed by atoms with Gasteiger partial charge in [-0.2, -0.15) is 0 Å². The van der Waals surface area contributed by atoms with E-state index < -0.39 is 12.2 Å². The number of aliphatic imine (C=N–C) groups is 1. The van der Waals surface area contributed by atoms with Crippen molar-refractivity contribution >= 4 is 5.71 Å². The Kier molecular flexibility index (Phi) is 8.28. The van der Waals surface area contributed by atoms with Crippen molar-refractivity contribution in [3.8, 4) is 0 Å². The molecule has 3 heteroatoms. The average molecular weight is 454 g/mol. The van der Waals surface area contributed by atoms with Gasteiger partial charge in [-0.15, -0.1) is 0 Å². The van der Waals surface area contributed by atoms with Crippen LogP contribution >= 0.6 is 0 Å². The lowest BCUT2D eigenvalue weighted by atomic mass is 9.62. The number of allylic oxidation sites excluding steroid dienone is 5. The summed E-state index contributed by atoms with van der Waals surface area (Å²) in [6, 6.07) is 0. The second kappa shape index (κ2) is 10.4. The molecule has 3 aliphatic rings. The zero-order valence-corrected chi connectivity index (χ0v) is 22.0. The lowest BCUT2D eigenvalue weighted by Gasteiger charge is -2.42. The minimum atomic E-state index is -0.618. The molecule has 0 aromatic carbocycles. The van der Waals surface area contributed by atoms with Crippen LogP contribution in [0.1, 0.15) is 92.4 Å². The molecule has 5 atom stereocenters.